The van der Waals surface area contributed by atoms with Gasteiger partial charge in [0, 0.05) is 27.1 Å². The molecule has 0 bridgehead atoms. The van der Waals surface area contributed by atoms with Crippen molar-refractivity contribution in [3.8, 4) is 79.1 Å². The van der Waals surface area contributed by atoms with Crippen molar-refractivity contribution in [1.29, 1.82) is 10.5 Å². The molecule has 0 aliphatic heterocycles. The number of nitriles is 2. The molecule has 10 aromatic carbocycles. The summed E-state index contributed by atoms with van der Waals surface area (Å²) in [6, 6.07) is 27.0. The molecule has 98 heavy (non-hydrogen) atoms. The van der Waals surface area contributed by atoms with E-state index in [4.69, 9.17) is 0 Å². The van der Waals surface area contributed by atoms with Gasteiger partial charge in [-0.3, -0.25) is 0 Å². The maximum atomic E-state index is 15.0. The number of hydrogen-bond donors (Lipinski definition) is 0. The fourth-order valence-corrected chi connectivity index (χ4v) is 12.1. The van der Waals surface area contributed by atoms with Crippen molar-refractivity contribution < 1.29 is 105 Å². The summed E-state index contributed by atoms with van der Waals surface area (Å²) in [5.41, 5.74) is -21.1. The third-order valence-electron chi connectivity index (χ3n) is 16.4. The largest absolute Gasteiger partial charge is 0.417 e. The van der Waals surface area contributed by atoms with Crippen molar-refractivity contribution in [3.05, 3.63) is 238 Å². The van der Waals surface area contributed by atoms with Crippen LogP contribution in [0.15, 0.2) is 182 Å². The zero-order valence-corrected chi connectivity index (χ0v) is 48.2. The molecule has 0 amide bonds. The summed E-state index contributed by atoms with van der Waals surface area (Å²) < 4.78 is 350. The van der Waals surface area contributed by atoms with Gasteiger partial charge in [0.2, 0.25) is 0 Å². The van der Waals surface area contributed by atoms with Gasteiger partial charge in [-0.15, -0.1) is 0 Å². The minimum absolute atomic E-state index is 0.00520. The summed E-state index contributed by atoms with van der Waals surface area (Å²) >= 11 is 0. The molecule has 0 radical (unpaired) electrons. The zero-order valence-electron chi connectivity index (χ0n) is 48.2. The van der Waals surface area contributed by atoms with Gasteiger partial charge in [-0.1, -0.05) is 60.7 Å². The molecule has 0 N–H and O–H groups in total. The topological polar surface area (TPSA) is 57.4 Å². The van der Waals surface area contributed by atoms with Crippen molar-refractivity contribution in [2.24, 2.45) is 0 Å². The molecule has 4 nitrogen and oxygen atoms in total. The lowest BCUT2D eigenvalue weighted by Crippen LogP contribution is -2.12. The summed E-state index contributed by atoms with van der Waals surface area (Å²) in [7, 11) is 0. The van der Waals surface area contributed by atoms with E-state index in [0.717, 1.165) is 72.8 Å². The number of nitrogens with zero attached hydrogens (tertiary/aromatic N) is 4. The number of aromatic nitrogens is 2. The highest BCUT2D eigenvalue weighted by Crippen LogP contribution is 2.51. The standard InChI is InChI=1S/C70H30F24N4/c71-63(72,73)40-8-12-44(53(26-40)67(83,84)85)35-4-16-57-49(21-35)50-22-36(45-13-9-41(64(74,75)76)27-54(45)68(86,87)88)5-17-58(50)97(57)61-25-39(32-96)48(34-3-1-2-33(20-34)31-95)30-62(61)98-59-18-6-37(46-14-10-42(65(77,78)79)28-55(46)69(89,90)91)23-51(59)52-24-38(7-19-60(52)98)47-15-11-43(66(80,81)82)29-56(47)70(92,93)94/h1-30H. The van der Waals surface area contributed by atoms with Crippen LogP contribution in [0.5, 0.6) is 0 Å². The summed E-state index contributed by atoms with van der Waals surface area (Å²) in [5, 5.41) is 20.1. The smallest absolute Gasteiger partial charge is 0.307 e. The molecule has 2 aromatic heterocycles. The maximum absolute atomic E-state index is 15.0. The lowest BCUT2D eigenvalue weighted by atomic mass is 9.94. The molecule has 0 atom stereocenters. The first kappa shape index (κ1) is 67.1. The highest BCUT2D eigenvalue weighted by atomic mass is 19.4. The van der Waals surface area contributed by atoms with Gasteiger partial charge in [0.15, 0.2) is 0 Å². The normalized spacial score (nSPS) is 13.1. The number of halogens is 24. The molecule has 0 spiro atoms. The van der Waals surface area contributed by atoms with E-state index in [-0.39, 0.29) is 102 Å². The summed E-state index contributed by atoms with van der Waals surface area (Å²) in [5.74, 6) is 0. The van der Waals surface area contributed by atoms with E-state index in [2.05, 4.69) is 0 Å². The fourth-order valence-electron chi connectivity index (χ4n) is 12.1. The van der Waals surface area contributed by atoms with Crippen LogP contribution in [0, 0.1) is 22.7 Å². The van der Waals surface area contributed by atoms with Crippen LogP contribution in [0.25, 0.3) is 111 Å². The fraction of sp³-hybridized carbons (Fsp3) is 0.114. The molecule has 498 valence electrons. The van der Waals surface area contributed by atoms with Gasteiger partial charge >= 0.3 is 49.4 Å². The van der Waals surface area contributed by atoms with Gasteiger partial charge in [0.1, 0.15) is 0 Å². The van der Waals surface area contributed by atoms with Crippen LogP contribution in [0.3, 0.4) is 0 Å². The van der Waals surface area contributed by atoms with Crippen molar-refractivity contribution in [2.75, 3.05) is 0 Å². The lowest BCUT2D eigenvalue weighted by Gasteiger charge is -2.20. The molecule has 0 unspecified atom stereocenters. The Morgan fingerprint density at radius 2 is 0.520 bits per heavy atom. The molecule has 0 fully saturated rings. The van der Waals surface area contributed by atoms with Gasteiger partial charge in [0.05, 0.1) is 101 Å². The minimum Gasteiger partial charge on any atom is -0.307 e. The zero-order chi connectivity index (χ0) is 71.1. The van der Waals surface area contributed by atoms with Crippen molar-refractivity contribution in [1.82, 2.24) is 9.13 Å². The summed E-state index contributed by atoms with van der Waals surface area (Å²) in [6.45, 7) is 0. The van der Waals surface area contributed by atoms with Crippen LogP contribution in [0.2, 0.25) is 0 Å². The third kappa shape index (κ3) is 12.1. The van der Waals surface area contributed by atoms with E-state index < -0.39 is 138 Å². The SMILES string of the molecule is N#Cc1cccc(-c2cc(-n3c4ccc(-c5ccc(C(F)(F)F)cc5C(F)(F)F)cc4c4cc(-c5ccc(C(F)(F)F)cc5C(F)(F)F)ccc43)c(-n3c4ccc(-c5ccc(C(F)(F)F)cc5C(F)(F)F)cc4c4cc(-c5ccc(C(F)(F)F)cc5C(F)(F)F)ccc43)cc2C#N)c1. The Bertz CT molecular complexity index is 5090. The first-order chi connectivity index (χ1) is 45.5. The van der Waals surface area contributed by atoms with Crippen LogP contribution < -0.4 is 0 Å². The molecule has 12 rings (SSSR count). The Labute approximate surface area is 533 Å². The van der Waals surface area contributed by atoms with Gasteiger partial charge in [-0.25, -0.2) is 0 Å². The van der Waals surface area contributed by atoms with E-state index >= 15 is 0 Å². The van der Waals surface area contributed by atoms with Crippen molar-refractivity contribution in [3.63, 3.8) is 0 Å². The molecule has 28 heteroatoms. The van der Waals surface area contributed by atoms with Crippen LogP contribution in [-0.2, 0) is 49.4 Å². The maximum Gasteiger partial charge on any atom is 0.417 e. The van der Waals surface area contributed by atoms with Gasteiger partial charge in [-0.05, 0) is 171 Å². The molecular formula is C70H30F24N4. The van der Waals surface area contributed by atoms with E-state index in [0.29, 0.717) is 48.5 Å². The highest BCUT2D eigenvalue weighted by molar-refractivity contribution is 6.14. The van der Waals surface area contributed by atoms with Crippen LogP contribution >= 0.6 is 0 Å². The number of rotatable bonds is 7. The summed E-state index contributed by atoms with van der Waals surface area (Å²) in [4.78, 5) is 0. The van der Waals surface area contributed by atoms with Gasteiger partial charge < -0.3 is 9.13 Å². The van der Waals surface area contributed by atoms with Gasteiger partial charge in [0.25, 0.3) is 0 Å². The number of benzene rings is 10. The second-order valence-electron chi connectivity index (χ2n) is 22.3. The number of alkyl halides is 24. The van der Waals surface area contributed by atoms with Crippen molar-refractivity contribution >= 4 is 43.6 Å². The molecule has 0 aliphatic carbocycles. The van der Waals surface area contributed by atoms with Crippen molar-refractivity contribution in [2.45, 2.75) is 49.4 Å². The predicted octanol–water partition coefficient (Wildman–Crippen LogP) is 24.1. The van der Waals surface area contributed by atoms with Crippen LogP contribution in [0.1, 0.15) is 55.6 Å². The summed E-state index contributed by atoms with van der Waals surface area (Å²) in [6.07, 6.45) is -43.3. The Morgan fingerprint density at radius 3 is 0.776 bits per heavy atom. The first-order valence-corrected chi connectivity index (χ1v) is 28.0. The predicted molar refractivity (Wildman–Crippen MR) is 312 cm³/mol. The van der Waals surface area contributed by atoms with E-state index in [9.17, 15) is 116 Å². The van der Waals surface area contributed by atoms with E-state index in [1.807, 2.05) is 12.1 Å². The highest BCUT2D eigenvalue weighted by Gasteiger charge is 2.43. The molecular weight excluding hydrogens is 1350 g/mol. The molecule has 0 saturated carbocycles. The minimum atomic E-state index is -5.51. The lowest BCUT2D eigenvalue weighted by molar-refractivity contribution is -0.144. The quantitative estimate of drug-likeness (QED) is 0.149. The Hall–Kier alpha value is -10.9. The third-order valence-corrected chi connectivity index (χ3v) is 16.4. The monoisotopic (exact) mass is 1380 g/mol. The second-order valence-corrected chi connectivity index (χ2v) is 22.3. The first-order valence-electron chi connectivity index (χ1n) is 28.0. The van der Waals surface area contributed by atoms with E-state index in [1.165, 1.54) is 45.5 Å². The average Bonchev–Trinajstić information content (AvgIpc) is 1.55. The van der Waals surface area contributed by atoms with Gasteiger partial charge in [-0.2, -0.15) is 116 Å². The Morgan fingerprint density at radius 1 is 0.245 bits per heavy atom. The second kappa shape index (κ2) is 22.9. The van der Waals surface area contributed by atoms with E-state index in [1.54, 1.807) is 0 Å². The molecule has 12 aromatic rings. The van der Waals surface area contributed by atoms with Crippen LogP contribution in [0.4, 0.5) is 105 Å². The number of hydrogen-bond acceptors (Lipinski definition) is 2. The molecule has 0 saturated heterocycles. The average molecular weight is 1380 g/mol. The van der Waals surface area contributed by atoms with Crippen LogP contribution in [-0.4, -0.2) is 9.13 Å². The number of fused-ring (bicyclic) bond motifs is 6. The molecule has 0 aliphatic rings. The molecule has 2 heterocycles. The Balaban J connectivity index is 1.23. The Kier molecular flexibility index (Phi) is 15.7.